The zero-order valence-corrected chi connectivity index (χ0v) is 9.57. The van der Waals surface area contributed by atoms with Crippen LogP contribution in [0.1, 0.15) is 25.3 Å². The second kappa shape index (κ2) is 5.12. The molecule has 1 heterocycles. The van der Waals surface area contributed by atoms with E-state index in [4.69, 9.17) is 0 Å². The van der Waals surface area contributed by atoms with Gasteiger partial charge in [-0.25, -0.2) is 0 Å². The van der Waals surface area contributed by atoms with E-state index in [1.54, 1.807) is 0 Å². The standard InChI is InChI=1S/C11H18N4O/c1-2-15-8-9(6-13-15)5-12-7-11(16)14-10-3-4-10/h6,8,10,12H,2-5,7H2,1H3,(H,14,16). The molecule has 16 heavy (non-hydrogen) atoms. The van der Waals surface area contributed by atoms with E-state index in [0.29, 0.717) is 19.1 Å². The minimum atomic E-state index is 0.0883. The molecule has 1 amide bonds. The van der Waals surface area contributed by atoms with Gasteiger partial charge in [-0.2, -0.15) is 5.10 Å². The average Bonchev–Trinajstić information content (AvgIpc) is 2.96. The number of hydrogen-bond acceptors (Lipinski definition) is 3. The van der Waals surface area contributed by atoms with E-state index in [1.807, 2.05) is 24.0 Å². The SMILES string of the molecule is CCn1cc(CNCC(=O)NC2CC2)cn1. The molecule has 0 aromatic carbocycles. The number of hydrogen-bond donors (Lipinski definition) is 2. The Morgan fingerprint density at radius 2 is 2.44 bits per heavy atom. The smallest absolute Gasteiger partial charge is 0.234 e. The number of rotatable bonds is 6. The van der Waals surface area contributed by atoms with Gasteiger partial charge in [-0.3, -0.25) is 9.48 Å². The van der Waals surface area contributed by atoms with Crippen molar-refractivity contribution in [3.05, 3.63) is 18.0 Å². The van der Waals surface area contributed by atoms with Crippen molar-refractivity contribution in [2.45, 2.75) is 38.9 Å². The first-order valence-corrected chi connectivity index (χ1v) is 5.79. The quantitative estimate of drug-likeness (QED) is 0.726. The highest BCUT2D eigenvalue weighted by Crippen LogP contribution is 2.18. The van der Waals surface area contributed by atoms with Gasteiger partial charge < -0.3 is 10.6 Å². The monoisotopic (exact) mass is 222 g/mol. The second-order valence-corrected chi connectivity index (χ2v) is 4.15. The van der Waals surface area contributed by atoms with Gasteiger partial charge in [0.2, 0.25) is 5.91 Å². The van der Waals surface area contributed by atoms with E-state index < -0.39 is 0 Å². The van der Waals surface area contributed by atoms with E-state index in [1.165, 1.54) is 0 Å². The molecule has 1 aliphatic carbocycles. The van der Waals surface area contributed by atoms with Gasteiger partial charge in [-0.1, -0.05) is 0 Å². The van der Waals surface area contributed by atoms with Gasteiger partial charge in [0, 0.05) is 30.9 Å². The Balaban J connectivity index is 1.64. The third kappa shape index (κ3) is 3.34. The molecule has 0 unspecified atom stereocenters. The molecule has 1 aromatic rings. The molecule has 0 bridgehead atoms. The maximum Gasteiger partial charge on any atom is 0.234 e. The predicted octanol–water partition coefficient (Wildman–Crippen LogP) is 0.271. The molecular weight excluding hydrogens is 204 g/mol. The minimum Gasteiger partial charge on any atom is -0.352 e. The van der Waals surface area contributed by atoms with Crippen molar-refractivity contribution in [3.63, 3.8) is 0 Å². The van der Waals surface area contributed by atoms with Gasteiger partial charge in [0.05, 0.1) is 12.7 Å². The molecule has 1 fully saturated rings. The lowest BCUT2D eigenvalue weighted by Gasteiger charge is -2.03. The first-order chi connectivity index (χ1) is 7.78. The molecule has 1 saturated carbocycles. The molecule has 1 aliphatic rings. The van der Waals surface area contributed by atoms with Crippen molar-refractivity contribution in [3.8, 4) is 0 Å². The molecular formula is C11H18N4O. The van der Waals surface area contributed by atoms with Crippen LogP contribution in [0.5, 0.6) is 0 Å². The first kappa shape index (κ1) is 11.1. The van der Waals surface area contributed by atoms with Gasteiger partial charge >= 0.3 is 0 Å². The Morgan fingerprint density at radius 1 is 1.62 bits per heavy atom. The molecule has 1 aromatic heterocycles. The molecule has 0 atom stereocenters. The first-order valence-electron chi connectivity index (χ1n) is 5.79. The van der Waals surface area contributed by atoms with E-state index >= 15 is 0 Å². The average molecular weight is 222 g/mol. The third-order valence-corrected chi connectivity index (χ3v) is 2.57. The highest BCUT2D eigenvalue weighted by molar-refractivity contribution is 5.78. The van der Waals surface area contributed by atoms with Gasteiger partial charge in [0.25, 0.3) is 0 Å². The lowest BCUT2D eigenvalue weighted by molar-refractivity contribution is -0.120. The number of aryl methyl sites for hydroxylation is 1. The van der Waals surface area contributed by atoms with Crippen molar-refractivity contribution >= 4 is 5.91 Å². The Kier molecular flexibility index (Phi) is 3.56. The molecule has 2 N–H and O–H groups in total. The predicted molar refractivity (Wildman–Crippen MR) is 60.8 cm³/mol. The maximum absolute atomic E-state index is 11.4. The Bertz CT molecular complexity index is 357. The highest BCUT2D eigenvalue weighted by atomic mass is 16.2. The summed E-state index contributed by atoms with van der Waals surface area (Å²) in [5, 5.41) is 10.2. The van der Waals surface area contributed by atoms with Gasteiger partial charge in [0.15, 0.2) is 0 Å². The number of nitrogens with one attached hydrogen (secondary N) is 2. The summed E-state index contributed by atoms with van der Waals surface area (Å²) in [5.74, 6) is 0.0883. The topological polar surface area (TPSA) is 59.0 Å². The third-order valence-electron chi connectivity index (χ3n) is 2.57. The molecule has 0 spiro atoms. The summed E-state index contributed by atoms with van der Waals surface area (Å²) in [7, 11) is 0. The molecule has 88 valence electrons. The van der Waals surface area contributed by atoms with Crippen molar-refractivity contribution in [2.75, 3.05) is 6.54 Å². The lowest BCUT2D eigenvalue weighted by Crippen LogP contribution is -2.34. The van der Waals surface area contributed by atoms with Crippen LogP contribution in [0.2, 0.25) is 0 Å². The molecule has 0 radical (unpaired) electrons. The molecule has 5 heteroatoms. The van der Waals surface area contributed by atoms with E-state index in [2.05, 4.69) is 15.7 Å². The Morgan fingerprint density at radius 3 is 3.06 bits per heavy atom. The largest absolute Gasteiger partial charge is 0.352 e. The summed E-state index contributed by atoms with van der Waals surface area (Å²) in [6.45, 7) is 4.00. The van der Waals surface area contributed by atoms with Crippen LogP contribution in [-0.2, 0) is 17.9 Å². The lowest BCUT2D eigenvalue weighted by atomic mass is 10.3. The van der Waals surface area contributed by atoms with Crippen LogP contribution in [0.25, 0.3) is 0 Å². The summed E-state index contributed by atoms with van der Waals surface area (Å²) in [6, 6.07) is 0.442. The van der Waals surface area contributed by atoms with E-state index in [-0.39, 0.29) is 5.91 Å². The molecule has 0 aliphatic heterocycles. The van der Waals surface area contributed by atoms with Crippen LogP contribution in [0.3, 0.4) is 0 Å². The van der Waals surface area contributed by atoms with Gasteiger partial charge in [-0.15, -0.1) is 0 Å². The van der Waals surface area contributed by atoms with Crippen LogP contribution in [0.4, 0.5) is 0 Å². The maximum atomic E-state index is 11.4. The van der Waals surface area contributed by atoms with E-state index in [9.17, 15) is 4.79 Å². The fourth-order valence-corrected chi connectivity index (χ4v) is 1.50. The second-order valence-electron chi connectivity index (χ2n) is 4.15. The van der Waals surface area contributed by atoms with Crippen LogP contribution in [0.15, 0.2) is 12.4 Å². The number of amides is 1. The summed E-state index contributed by atoms with van der Waals surface area (Å²) in [6.07, 6.45) is 6.09. The molecule has 2 rings (SSSR count). The number of aromatic nitrogens is 2. The summed E-state index contributed by atoms with van der Waals surface area (Å²) < 4.78 is 1.88. The zero-order chi connectivity index (χ0) is 11.4. The van der Waals surface area contributed by atoms with Crippen LogP contribution < -0.4 is 10.6 Å². The Labute approximate surface area is 95.2 Å². The zero-order valence-electron chi connectivity index (χ0n) is 9.57. The fraction of sp³-hybridized carbons (Fsp3) is 0.636. The minimum absolute atomic E-state index is 0.0883. The molecule has 5 nitrogen and oxygen atoms in total. The van der Waals surface area contributed by atoms with Crippen LogP contribution >= 0.6 is 0 Å². The fourth-order valence-electron chi connectivity index (χ4n) is 1.50. The highest BCUT2D eigenvalue weighted by Gasteiger charge is 2.22. The Hall–Kier alpha value is -1.36. The number of carbonyl (C=O) groups excluding carboxylic acids is 1. The van der Waals surface area contributed by atoms with Crippen molar-refractivity contribution in [1.82, 2.24) is 20.4 Å². The molecule has 0 saturated heterocycles. The van der Waals surface area contributed by atoms with Gasteiger partial charge in [0.1, 0.15) is 0 Å². The summed E-state index contributed by atoms with van der Waals surface area (Å²) in [5.41, 5.74) is 1.11. The van der Waals surface area contributed by atoms with Crippen LogP contribution in [0, 0.1) is 0 Å². The van der Waals surface area contributed by atoms with Crippen molar-refractivity contribution in [1.29, 1.82) is 0 Å². The van der Waals surface area contributed by atoms with Gasteiger partial charge in [-0.05, 0) is 19.8 Å². The van der Waals surface area contributed by atoms with Crippen LogP contribution in [-0.4, -0.2) is 28.3 Å². The normalized spacial score (nSPS) is 15.1. The van der Waals surface area contributed by atoms with Crippen molar-refractivity contribution < 1.29 is 4.79 Å². The van der Waals surface area contributed by atoms with Crippen molar-refractivity contribution in [2.24, 2.45) is 0 Å². The summed E-state index contributed by atoms with van der Waals surface area (Å²) in [4.78, 5) is 11.4. The van der Waals surface area contributed by atoms with E-state index in [0.717, 1.165) is 24.9 Å². The number of carbonyl (C=O) groups is 1. The summed E-state index contributed by atoms with van der Waals surface area (Å²) >= 11 is 0. The number of nitrogens with zero attached hydrogens (tertiary/aromatic N) is 2.